The van der Waals surface area contributed by atoms with E-state index >= 15 is 0 Å². The number of carbonyl (C=O) groups is 3. The lowest BCUT2D eigenvalue weighted by molar-refractivity contribution is -0.187. The van der Waals surface area contributed by atoms with Crippen LogP contribution >= 0.6 is 0 Å². The predicted molar refractivity (Wildman–Crippen MR) is 98.2 cm³/mol. The molecule has 0 heterocycles. The maximum Gasteiger partial charge on any atom is 0.386 e. The van der Waals surface area contributed by atoms with Gasteiger partial charge < -0.3 is 0 Å². The molecule has 0 saturated heterocycles. The Bertz CT molecular complexity index is 842. The average molecular weight is 380 g/mol. The molecule has 142 valence electrons. The van der Waals surface area contributed by atoms with Gasteiger partial charge in [-0.05, 0) is 36.4 Å². The molecule has 3 aromatic carbocycles. The number of carbonyl (C=O) groups excluding carboxylic acids is 3. The summed E-state index contributed by atoms with van der Waals surface area (Å²) in [6, 6.07) is 24.8. The zero-order valence-electron chi connectivity index (χ0n) is 14.6. The second-order valence-corrected chi connectivity index (χ2v) is 5.22. The Morgan fingerprint density at radius 2 is 0.786 bits per heavy atom. The molecule has 0 aliphatic rings. The van der Waals surface area contributed by atoms with Gasteiger partial charge in [0.25, 0.3) is 0 Å². The molecule has 0 saturated carbocycles. The van der Waals surface area contributed by atoms with Gasteiger partial charge >= 0.3 is 17.9 Å². The topological polar surface area (TPSA) is 99.1 Å². The van der Waals surface area contributed by atoms with Gasteiger partial charge in [-0.2, -0.15) is 5.26 Å². The molecule has 0 fully saturated rings. The monoisotopic (exact) mass is 380 g/mol. The molecule has 0 aliphatic heterocycles. The highest BCUT2D eigenvalue weighted by Crippen LogP contribution is 2.05. The summed E-state index contributed by atoms with van der Waals surface area (Å²) in [4.78, 5) is 45.9. The Balaban J connectivity index is 0.000000237. The molecule has 0 atom stereocenters. The molecular weight excluding hydrogens is 364 g/mol. The van der Waals surface area contributed by atoms with Crippen LogP contribution in [0.25, 0.3) is 0 Å². The van der Waals surface area contributed by atoms with E-state index in [9.17, 15) is 14.4 Å². The molecule has 0 unspecified atom stereocenters. The fourth-order valence-corrected chi connectivity index (χ4v) is 1.95. The van der Waals surface area contributed by atoms with Crippen LogP contribution in [0.15, 0.2) is 91.0 Å². The lowest BCUT2D eigenvalue weighted by atomic mass is 10.2. The Morgan fingerprint density at radius 1 is 0.500 bits per heavy atom. The van der Waals surface area contributed by atoms with Crippen molar-refractivity contribution in [3.8, 4) is 0 Å². The van der Waals surface area contributed by atoms with Crippen LogP contribution in [0.2, 0.25) is 0 Å². The normalized spacial score (nSPS) is 9.32. The fraction of sp³-hybridized carbons (Fsp3) is 0. The van der Waals surface area contributed by atoms with Crippen molar-refractivity contribution < 1.29 is 34.3 Å². The van der Waals surface area contributed by atoms with Gasteiger partial charge in [-0.1, -0.05) is 54.6 Å². The van der Waals surface area contributed by atoms with Gasteiger partial charge in [0.15, 0.2) is 0 Å². The third kappa shape index (κ3) is 6.40. The largest absolute Gasteiger partial charge is 0.386 e. The number of benzene rings is 3. The van der Waals surface area contributed by atoms with Crippen LogP contribution in [0.4, 0.5) is 0 Å². The summed E-state index contributed by atoms with van der Waals surface area (Å²) < 4.78 is 0. The van der Waals surface area contributed by atoms with Crippen LogP contribution in [0.5, 0.6) is 0 Å². The highest BCUT2D eigenvalue weighted by atomic mass is 17.2. The summed E-state index contributed by atoms with van der Waals surface area (Å²) >= 11 is 0. The Labute approximate surface area is 160 Å². The van der Waals surface area contributed by atoms with Crippen molar-refractivity contribution in [1.82, 2.24) is 0 Å². The Kier molecular flexibility index (Phi) is 7.92. The highest BCUT2D eigenvalue weighted by Gasteiger charge is 2.13. The molecule has 28 heavy (non-hydrogen) atoms. The lowest BCUT2D eigenvalue weighted by Crippen LogP contribution is -2.11. The van der Waals surface area contributed by atoms with Crippen LogP contribution in [-0.2, 0) is 14.7 Å². The predicted octanol–water partition coefficient (Wildman–Crippen LogP) is 3.93. The summed E-state index contributed by atoms with van der Waals surface area (Å²) in [5, 5.41) is 7.94. The summed E-state index contributed by atoms with van der Waals surface area (Å²) in [5.74, 6) is -2.15. The molecule has 0 amide bonds. The second-order valence-electron chi connectivity index (χ2n) is 5.22. The van der Waals surface area contributed by atoms with E-state index in [1.165, 1.54) is 0 Å². The molecule has 0 bridgehead atoms. The van der Waals surface area contributed by atoms with E-state index in [0.29, 0.717) is 16.7 Å². The zero-order chi connectivity index (χ0) is 20.2. The van der Waals surface area contributed by atoms with Crippen LogP contribution in [0.1, 0.15) is 31.1 Å². The number of hydrogen-bond acceptors (Lipinski definition) is 7. The first-order valence-corrected chi connectivity index (χ1v) is 8.06. The molecule has 0 radical (unpaired) electrons. The van der Waals surface area contributed by atoms with Gasteiger partial charge in [0.1, 0.15) is 0 Å². The highest BCUT2D eigenvalue weighted by molar-refractivity contribution is 5.92. The maximum absolute atomic E-state index is 11.5. The van der Waals surface area contributed by atoms with Crippen molar-refractivity contribution in [2.45, 2.75) is 0 Å². The molecule has 1 N–H and O–H groups in total. The molecule has 7 heteroatoms. The first-order chi connectivity index (χ1) is 13.6. The van der Waals surface area contributed by atoms with Gasteiger partial charge in [-0.15, -0.1) is 0 Å². The van der Waals surface area contributed by atoms with Gasteiger partial charge in [0, 0.05) is 0 Å². The third-order valence-electron chi connectivity index (χ3n) is 3.30. The van der Waals surface area contributed by atoms with E-state index in [0.717, 1.165) is 0 Å². The zero-order valence-corrected chi connectivity index (χ0v) is 14.6. The minimum atomic E-state index is -0.736. The Hall–Kier alpha value is -3.97. The quantitative estimate of drug-likeness (QED) is 0.543. The van der Waals surface area contributed by atoms with E-state index in [1.54, 1.807) is 91.0 Å². The lowest BCUT2D eigenvalue weighted by Gasteiger charge is -2.02. The molecule has 3 aromatic rings. The standard InChI is InChI=1S/C14H10O4.C7H6O3/c15-13(11-7-3-1-4-8-11)17-18-14(16)12-9-5-2-6-10-12;8-7(10-9)6-4-2-1-3-5-6/h1-10H;1-5,9H. The van der Waals surface area contributed by atoms with Gasteiger partial charge in [0.2, 0.25) is 0 Å². The summed E-state index contributed by atoms with van der Waals surface area (Å²) in [6.45, 7) is 0. The van der Waals surface area contributed by atoms with E-state index in [1.807, 2.05) is 0 Å². The van der Waals surface area contributed by atoms with Crippen molar-refractivity contribution in [2.24, 2.45) is 0 Å². The van der Waals surface area contributed by atoms with Gasteiger partial charge in [-0.25, -0.2) is 24.2 Å². The Morgan fingerprint density at radius 3 is 1.07 bits per heavy atom. The maximum atomic E-state index is 11.5. The van der Waals surface area contributed by atoms with Crippen molar-refractivity contribution in [3.05, 3.63) is 108 Å². The van der Waals surface area contributed by atoms with Crippen molar-refractivity contribution in [2.75, 3.05) is 0 Å². The average Bonchev–Trinajstić information content (AvgIpc) is 2.79. The van der Waals surface area contributed by atoms with E-state index < -0.39 is 17.9 Å². The van der Waals surface area contributed by atoms with Crippen molar-refractivity contribution in [1.29, 1.82) is 0 Å². The smallest absolute Gasteiger partial charge is 0.296 e. The van der Waals surface area contributed by atoms with Crippen molar-refractivity contribution in [3.63, 3.8) is 0 Å². The summed E-state index contributed by atoms with van der Waals surface area (Å²) in [5.41, 5.74) is 0.974. The molecule has 3 rings (SSSR count). The van der Waals surface area contributed by atoms with E-state index in [-0.39, 0.29) is 0 Å². The molecule has 0 aliphatic carbocycles. The first-order valence-electron chi connectivity index (χ1n) is 8.06. The van der Waals surface area contributed by atoms with Crippen LogP contribution in [-0.4, -0.2) is 23.2 Å². The molecule has 7 nitrogen and oxygen atoms in total. The minimum Gasteiger partial charge on any atom is -0.296 e. The number of hydrogen-bond donors (Lipinski definition) is 1. The molecule has 0 aromatic heterocycles. The molecular formula is C21H16O7. The minimum absolute atomic E-state index is 0.318. The van der Waals surface area contributed by atoms with Gasteiger partial charge in [0.05, 0.1) is 16.7 Å². The number of rotatable bonds is 3. The van der Waals surface area contributed by atoms with E-state index in [2.05, 4.69) is 14.7 Å². The van der Waals surface area contributed by atoms with Crippen LogP contribution < -0.4 is 0 Å². The van der Waals surface area contributed by atoms with Crippen molar-refractivity contribution >= 4 is 17.9 Å². The summed E-state index contributed by atoms with van der Waals surface area (Å²) in [7, 11) is 0. The summed E-state index contributed by atoms with van der Waals surface area (Å²) in [6.07, 6.45) is 0. The van der Waals surface area contributed by atoms with E-state index in [4.69, 9.17) is 5.26 Å². The second kappa shape index (κ2) is 10.9. The SMILES string of the molecule is O=C(OO)c1ccccc1.O=C(OOC(=O)c1ccccc1)c1ccccc1. The fourth-order valence-electron chi connectivity index (χ4n) is 1.95. The van der Waals surface area contributed by atoms with Crippen LogP contribution in [0, 0.1) is 0 Å². The third-order valence-corrected chi connectivity index (χ3v) is 3.30. The first kappa shape index (κ1) is 20.3. The van der Waals surface area contributed by atoms with Crippen LogP contribution in [0.3, 0.4) is 0 Å². The van der Waals surface area contributed by atoms with Gasteiger partial charge in [-0.3, -0.25) is 4.89 Å². The molecule has 0 spiro atoms.